The molecule has 0 saturated heterocycles. The summed E-state index contributed by atoms with van der Waals surface area (Å²) in [6, 6.07) is 12.2. The van der Waals surface area contributed by atoms with Gasteiger partial charge in [-0.3, -0.25) is 0 Å². The topological polar surface area (TPSA) is 29.0 Å². The highest BCUT2D eigenvalue weighted by Crippen LogP contribution is 2.32. The van der Waals surface area contributed by atoms with Gasteiger partial charge in [-0.1, -0.05) is 18.2 Å². The molecule has 0 spiro atoms. The van der Waals surface area contributed by atoms with Crippen molar-refractivity contribution in [2.75, 3.05) is 11.4 Å². The average molecular weight is 290 g/mol. The molecular formula is C14H12ClN3S. The summed E-state index contributed by atoms with van der Waals surface area (Å²) in [7, 11) is 0. The first-order valence-corrected chi connectivity index (χ1v) is 7.28. The fourth-order valence-electron chi connectivity index (χ4n) is 2.08. The van der Waals surface area contributed by atoms with Crippen molar-refractivity contribution in [1.29, 1.82) is 0 Å². The number of para-hydroxylation sites is 1. The van der Waals surface area contributed by atoms with Gasteiger partial charge < -0.3 is 4.90 Å². The van der Waals surface area contributed by atoms with Gasteiger partial charge in [-0.25, -0.2) is 4.98 Å². The molecule has 96 valence electrons. The van der Waals surface area contributed by atoms with E-state index >= 15 is 0 Å². The maximum atomic E-state index is 6.03. The second kappa shape index (κ2) is 5.15. The molecule has 0 unspecified atom stereocenters. The minimum Gasteiger partial charge on any atom is -0.326 e. The van der Waals surface area contributed by atoms with Crippen LogP contribution in [0.5, 0.6) is 0 Å². The zero-order valence-electron chi connectivity index (χ0n) is 10.4. The van der Waals surface area contributed by atoms with Crippen LogP contribution >= 0.6 is 22.9 Å². The molecule has 0 N–H and O–H groups in total. The molecule has 5 heteroatoms. The number of hydrogen-bond donors (Lipinski definition) is 0. The van der Waals surface area contributed by atoms with Gasteiger partial charge in [0.2, 0.25) is 5.28 Å². The maximum absolute atomic E-state index is 6.03. The smallest absolute Gasteiger partial charge is 0.225 e. The molecule has 0 fully saturated rings. The molecule has 3 rings (SSSR count). The number of anilines is 2. The highest BCUT2D eigenvalue weighted by Gasteiger charge is 2.15. The molecule has 2 heterocycles. The minimum absolute atomic E-state index is 0.291. The van der Waals surface area contributed by atoms with Crippen molar-refractivity contribution in [2.24, 2.45) is 0 Å². The van der Waals surface area contributed by atoms with Crippen molar-refractivity contribution in [3.63, 3.8) is 0 Å². The first-order valence-electron chi connectivity index (χ1n) is 6.03. The van der Waals surface area contributed by atoms with Gasteiger partial charge in [-0.15, -0.1) is 11.3 Å². The third-order valence-corrected chi connectivity index (χ3v) is 3.89. The molecule has 1 aromatic carbocycles. The van der Waals surface area contributed by atoms with E-state index in [0.717, 1.165) is 28.3 Å². The van der Waals surface area contributed by atoms with E-state index in [2.05, 4.69) is 33.9 Å². The quantitative estimate of drug-likeness (QED) is 0.665. The van der Waals surface area contributed by atoms with Gasteiger partial charge in [0.25, 0.3) is 0 Å². The second-order valence-corrected chi connectivity index (χ2v) is 5.27. The number of rotatable bonds is 3. The summed E-state index contributed by atoms with van der Waals surface area (Å²) in [4.78, 5) is 11.7. The fraction of sp³-hybridized carbons (Fsp3) is 0.143. The molecule has 0 amide bonds. The van der Waals surface area contributed by atoms with Crippen molar-refractivity contribution >= 4 is 44.7 Å². The molecule has 0 aliphatic rings. The van der Waals surface area contributed by atoms with Crippen LogP contribution in [0.3, 0.4) is 0 Å². The summed E-state index contributed by atoms with van der Waals surface area (Å²) >= 11 is 7.60. The van der Waals surface area contributed by atoms with E-state index in [1.807, 2.05) is 29.6 Å². The summed E-state index contributed by atoms with van der Waals surface area (Å²) in [5, 5.41) is 3.34. The number of aromatic nitrogens is 2. The van der Waals surface area contributed by atoms with Crippen LogP contribution in [-0.2, 0) is 0 Å². The highest BCUT2D eigenvalue weighted by atomic mass is 35.5. The number of halogens is 1. The van der Waals surface area contributed by atoms with Gasteiger partial charge in [0, 0.05) is 12.2 Å². The molecule has 0 radical (unpaired) electrons. The van der Waals surface area contributed by atoms with Crippen molar-refractivity contribution in [3.05, 3.63) is 47.1 Å². The average Bonchev–Trinajstić information content (AvgIpc) is 2.89. The van der Waals surface area contributed by atoms with E-state index in [1.54, 1.807) is 11.3 Å². The Morgan fingerprint density at radius 1 is 1.16 bits per heavy atom. The zero-order valence-corrected chi connectivity index (χ0v) is 11.9. The van der Waals surface area contributed by atoms with Crippen LogP contribution in [-0.4, -0.2) is 16.5 Å². The van der Waals surface area contributed by atoms with E-state index in [0.29, 0.717) is 5.28 Å². The summed E-state index contributed by atoms with van der Waals surface area (Å²) in [5.41, 5.74) is 1.10. The molecule has 3 aromatic rings. The maximum Gasteiger partial charge on any atom is 0.225 e. The van der Waals surface area contributed by atoms with E-state index in [-0.39, 0.29) is 0 Å². The second-order valence-electron chi connectivity index (χ2n) is 4.04. The van der Waals surface area contributed by atoms with Gasteiger partial charge in [0.05, 0.1) is 5.39 Å². The Bertz CT molecular complexity index is 696. The van der Waals surface area contributed by atoms with Gasteiger partial charge in [0.1, 0.15) is 10.6 Å². The molecule has 3 nitrogen and oxygen atoms in total. The highest BCUT2D eigenvalue weighted by molar-refractivity contribution is 7.16. The first-order chi connectivity index (χ1) is 9.29. The Morgan fingerprint density at radius 2 is 1.95 bits per heavy atom. The standard InChI is InChI=1S/C14H12ClN3S/c1-2-18(10-6-4-3-5-7-10)12-11-8-9-19-13(11)17-14(15)16-12/h3-9H,2H2,1H3. The predicted molar refractivity (Wildman–Crippen MR) is 81.5 cm³/mol. The lowest BCUT2D eigenvalue weighted by molar-refractivity contribution is 0.991. The van der Waals surface area contributed by atoms with Crippen LogP contribution in [0.15, 0.2) is 41.8 Å². The zero-order chi connectivity index (χ0) is 13.2. The Kier molecular flexibility index (Phi) is 3.36. The SMILES string of the molecule is CCN(c1ccccc1)c1nc(Cl)nc2sccc12. The summed E-state index contributed by atoms with van der Waals surface area (Å²) < 4.78 is 0. The summed E-state index contributed by atoms with van der Waals surface area (Å²) in [5.74, 6) is 0.866. The fourth-order valence-corrected chi connectivity index (χ4v) is 3.06. The Labute approximate surface area is 120 Å². The lowest BCUT2D eigenvalue weighted by Gasteiger charge is -2.22. The van der Waals surface area contributed by atoms with Crippen molar-refractivity contribution < 1.29 is 0 Å². The molecule has 0 saturated carbocycles. The van der Waals surface area contributed by atoms with E-state index in [4.69, 9.17) is 11.6 Å². The van der Waals surface area contributed by atoms with Crippen LogP contribution in [0.1, 0.15) is 6.92 Å². The lowest BCUT2D eigenvalue weighted by Crippen LogP contribution is -2.17. The van der Waals surface area contributed by atoms with Gasteiger partial charge in [0.15, 0.2) is 0 Å². The summed E-state index contributed by atoms with van der Waals surface area (Å²) in [6.07, 6.45) is 0. The Hall–Kier alpha value is -1.65. The predicted octanol–water partition coefficient (Wildman–Crippen LogP) is 4.50. The largest absolute Gasteiger partial charge is 0.326 e. The number of nitrogens with zero attached hydrogens (tertiary/aromatic N) is 3. The van der Waals surface area contributed by atoms with Crippen molar-refractivity contribution in [2.45, 2.75) is 6.92 Å². The molecule has 19 heavy (non-hydrogen) atoms. The van der Waals surface area contributed by atoms with E-state index < -0.39 is 0 Å². The van der Waals surface area contributed by atoms with Crippen molar-refractivity contribution in [1.82, 2.24) is 9.97 Å². The third-order valence-electron chi connectivity index (χ3n) is 2.92. The van der Waals surface area contributed by atoms with E-state index in [9.17, 15) is 0 Å². The molecular weight excluding hydrogens is 278 g/mol. The molecule has 0 aliphatic heterocycles. The van der Waals surface area contributed by atoms with Crippen LogP contribution < -0.4 is 4.90 Å². The van der Waals surface area contributed by atoms with Crippen LogP contribution in [0, 0.1) is 0 Å². The van der Waals surface area contributed by atoms with Gasteiger partial charge >= 0.3 is 0 Å². The summed E-state index contributed by atoms with van der Waals surface area (Å²) in [6.45, 7) is 2.92. The normalized spacial score (nSPS) is 10.8. The minimum atomic E-state index is 0.291. The van der Waals surface area contributed by atoms with Gasteiger partial charge in [-0.05, 0) is 42.1 Å². The number of fused-ring (bicyclic) bond motifs is 1. The molecule has 2 aromatic heterocycles. The monoisotopic (exact) mass is 289 g/mol. The van der Waals surface area contributed by atoms with E-state index in [1.165, 1.54) is 0 Å². The number of benzene rings is 1. The number of thiophene rings is 1. The van der Waals surface area contributed by atoms with Crippen LogP contribution in [0.2, 0.25) is 5.28 Å². The molecule has 0 aliphatic carbocycles. The lowest BCUT2D eigenvalue weighted by atomic mass is 10.2. The molecule has 0 bridgehead atoms. The van der Waals surface area contributed by atoms with Crippen LogP contribution in [0.25, 0.3) is 10.2 Å². The van der Waals surface area contributed by atoms with Crippen molar-refractivity contribution in [3.8, 4) is 0 Å². The van der Waals surface area contributed by atoms with Gasteiger partial charge in [-0.2, -0.15) is 4.98 Å². The Morgan fingerprint density at radius 3 is 2.68 bits per heavy atom. The Balaban J connectivity index is 2.19. The van der Waals surface area contributed by atoms with Crippen LogP contribution in [0.4, 0.5) is 11.5 Å². The molecule has 0 atom stereocenters. The first kappa shape index (κ1) is 12.4. The number of hydrogen-bond acceptors (Lipinski definition) is 4. The third kappa shape index (κ3) is 2.29.